The van der Waals surface area contributed by atoms with E-state index in [1.54, 1.807) is 0 Å². The molecule has 2 rings (SSSR count). The van der Waals surface area contributed by atoms with Gasteiger partial charge in [-0.05, 0) is 31.4 Å². The lowest BCUT2D eigenvalue weighted by Gasteiger charge is -2.19. The molecule has 1 aliphatic heterocycles. The molecule has 1 atom stereocenters. The Bertz CT molecular complexity index is 422. The number of anilines is 2. The third-order valence-corrected chi connectivity index (χ3v) is 3.32. The van der Waals surface area contributed by atoms with E-state index in [9.17, 15) is 4.79 Å². The molecule has 1 aromatic carbocycles. The second-order valence-corrected chi connectivity index (χ2v) is 4.63. The van der Waals surface area contributed by atoms with Crippen molar-refractivity contribution in [3.8, 4) is 0 Å². The first-order valence-corrected chi connectivity index (χ1v) is 6.25. The summed E-state index contributed by atoms with van der Waals surface area (Å²) in [5.74, 6) is 0. The van der Waals surface area contributed by atoms with Crippen LogP contribution in [-0.2, 0) is 0 Å². The van der Waals surface area contributed by atoms with Gasteiger partial charge in [-0.15, -0.1) is 0 Å². The Morgan fingerprint density at radius 3 is 2.83 bits per heavy atom. The minimum atomic E-state index is -0.824. The quantitative estimate of drug-likeness (QED) is 0.702. The van der Waals surface area contributed by atoms with Gasteiger partial charge < -0.3 is 21.1 Å². The highest BCUT2D eigenvalue weighted by Gasteiger charge is 2.20. The third-order valence-electron chi connectivity index (χ3n) is 3.32. The highest BCUT2D eigenvalue weighted by atomic mass is 16.4. The fourth-order valence-electron chi connectivity index (χ4n) is 2.28. The molecule has 1 heterocycles. The molecule has 5 nitrogen and oxygen atoms in total. The molecular weight excluding hydrogens is 230 g/mol. The summed E-state index contributed by atoms with van der Waals surface area (Å²) in [6.07, 6.45) is 1.85. The second kappa shape index (κ2) is 5.62. The molecule has 1 fully saturated rings. The van der Waals surface area contributed by atoms with Crippen LogP contribution >= 0.6 is 0 Å². The lowest BCUT2D eigenvalue weighted by atomic mass is 10.1. The molecule has 18 heavy (non-hydrogen) atoms. The molecule has 1 aliphatic rings. The van der Waals surface area contributed by atoms with Crippen LogP contribution in [0.1, 0.15) is 19.3 Å². The summed E-state index contributed by atoms with van der Waals surface area (Å²) < 4.78 is 0. The van der Waals surface area contributed by atoms with Crippen molar-refractivity contribution in [1.29, 1.82) is 0 Å². The van der Waals surface area contributed by atoms with Crippen LogP contribution in [-0.4, -0.2) is 35.2 Å². The number of benzene rings is 1. The molecule has 1 saturated heterocycles. The fourth-order valence-corrected chi connectivity index (χ4v) is 2.28. The van der Waals surface area contributed by atoms with Gasteiger partial charge in [-0.25, -0.2) is 4.79 Å². The van der Waals surface area contributed by atoms with Gasteiger partial charge in [0.05, 0.1) is 11.4 Å². The summed E-state index contributed by atoms with van der Waals surface area (Å²) in [5.41, 5.74) is 7.55. The number of carboxylic acid groups (broad SMARTS) is 1. The minimum absolute atomic E-state index is 0.291. The van der Waals surface area contributed by atoms with Gasteiger partial charge in [-0.2, -0.15) is 0 Å². The number of nitrogens with zero attached hydrogens (tertiary/aromatic N) is 1. The van der Waals surface area contributed by atoms with Crippen LogP contribution in [0.3, 0.4) is 0 Å². The van der Waals surface area contributed by atoms with Crippen molar-refractivity contribution in [3.63, 3.8) is 0 Å². The minimum Gasteiger partial charge on any atom is -0.465 e. The number of para-hydroxylation sites is 2. The van der Waals surface area contributed by atoms with Crippen LogP contribution in [0, 0.1) is 0 Å². The number of carbonyl (C=O) groups is 1. The smallest absolute Gasteiger partial charge is 0.407 e. The zero-order valence-electron chi connectivity index (χ0n) is 10.3. The number of hydrogen-bond acceptors (Lipinski definition) is 3. The molecule has 0 aromatic heterocycles. The molecule has 0 bridgehead atoms. The molecule has 0 spiro atoms. The van der Waals surface area contributed by atoms with Gasteiger partial charge >= 0.3 is 6.09 Å². The maximum atomic E-state index is 10.9. The van der Waals surface area contributed by atoms with E-state index >= 15 is 0 Å². The van der Waals surface area contributed by atoms with E-state index in [2.05, 4.69) is 5.32 Å². The number of hydrogen-bond donors (Lipinski definition) is 3. The Kier molecular flexibility index (Phi) is 3.92. The van der Waals surface area contributed by atoms with Crippen LogP contribution in [0.25, 0.3) is 0 Å². The zero-order valence-corrected chi connectivity index (χ0v) is 10.3. The van der Waals surface area contributed by atoms with Crippen LogP contribution in [0.5, 0.6) is 0 Å². The molecule has 1 aromatic rings. The molecule has 98 valence electrons. The van der Waals surface area contributed by atoms with Gasteiger partial charge in [-0.1, -0.05) is 12.1 Å². The van der Waals surface area contributed by atoms with Crippen molar-refractivity contribution in [2.45, 2.75) is 25.3 Å². The average molecular weight is 249 g/mol. The van der Waals surface area contributed by atoms with Crippen molar-refractivity contribution >= 4 is 17.5 Å². The van der Waals surface area contributed by atoms with E-state index in [1.807, 2.05) is 24.3 Å². The van der Waals surface area contributed by atoms with E-state index in [0.717, 1.165) is 30.6 Å². The number of amides is 1. The normalized spacial score (nSPS) is 20.2. The van der Waals surface area contributed by atoms with E-state index in [4.69, 9.17) is 10.8 Å². The molecule has 1 unspecified atom stereocenters. The van der Waals surface area contributed by atoms with Crippen molar-refractivity contribution in [2.24, 2.45) is 0 Å². The van der Waals surface area contributed by atoms with E-state index in [1.165, 1.54) is 4.90 Å². The highest BCUT2D eigenvalue weighted by Crippen LogP contribution is 2.21. The summed E-state index contributed by atoms with van der Waals surface area (Å²) in [4.78, 5) is 12.4. The van der Waals surface area contributed by atoms with Crippen LogP contribution in [0.2, 0.25) is 0 Å². The summed E-state index contributed by atoms with van der Waals surface area (Å²) in [5, 5.41) is 12.4. The Labute approximate surface area is 107 Å². The predicted molar refractivity (Wildman–Crippen MR) is 71.7 cm³/mol. The third kappa shape index (κ3) is 3.06. The summed E-state index contributed by atoms with van der Waals surface area (Å²) in [6, 6.07) is 7.95. The van der Waals surface area contributed by atoms with Gasteiger partial charge in [0.2, 0.25) is 0 Å². The SMILES string of the molecule is Nc1ccccc1NC1CCCN(C(=O)O)CC1. The number of rotatable bonds is 2. The Hall–Kier alpha value is -1.91. The van der Waals surface area contributed by atoms with Gasteiger partial charge in [0.1, 0.15) is 0 Å². The molecule has 0 aliphatic carbocycles. The second-order valence-electron chi connectivity index (χ2n) is 4.63. The van der Waals surface area contributed by atoms with E-state index < -0.39 is 6.09 Å². The Balaban J connectivity index is 1.95. The Morgan fingerprint density at radius 2 is 2.11 bits per heavy atom. The maximum Gasteiger partial charge on any atom is 0.407 e. The van der Waals surface area contributed by atoms with E-state index in [0.29, 0.717) is 19.1 Å². The molecule has 5 heteroatoms. The lowest BCUT2D eigenvalue weighted by molar-refractivity contribution is 0.147. The standard InChI is InChI=1S/C13H19N3O2/c14-11-5-1-2-6-12(11)15-10-4-3-8-16(9-7-10)13(17)18/h1-2,5-6,10,15H,3-4,7-9,14H2,(H,17,18). The lowest BCUT2D eigenvalue weighted by Crippen LogP contribution is -2.31. The average Bonchev–Trinajstić information content (AvgIpc) is 2.58. The van der Waals surface area contributed by atoms with Crippen LogP contribution < -0.4 is 11.1 Å². The van der Waals surface area contributed by atoms with E-state index in [-0.39, 0.29) is 0 Å². The van der Waals surface area contributed by atoms with Crippen LogP contribution in [0.4, 0.5) is 16.2 Å². The van der Waals surface area contributed by atoms with Crippen molar-refractivity contribution in [3.05, 3.63) is 24.3 Å². The number of nitrogens with one attached hydrogen (secondary N) is 1. The monoisotopic (exact) mass is 249 g/mol. The summed E-state index contributed by atoms with van der Waals surface area (Å²) in [6.45, 7) is 1.21. The number of nitrogen functional groups attached to an aromatic ring is 1. The molecule has 0 radical (unpaired) electrons. The first kappa shape index (κ1) is 12.5. The van der Waals surface area contributed by atoms with Gasteiger partial charge in [0.25, 0.3) is 0 Å². The first-order chi connectivity index (χ1) is 8.66. The molecular formula is C13H19N3O2. The van der Waals surface area contributed by atoms with Gasteiger partial charge in [0.15, 0.2) is 0 Å². The Morgan fingerprint density at radius 1 is 1.33 bits per heavy atom. The van der Waals surface area contributed by atoms with Gasteiger partial charge in [0, 0.05) is 19.1 Å². The van der Waals surface area contributed by atoms with Crippen molar-refractivity contribution in [1.82, 2.24) is 4.90 Å². The summed E-state index contributed by atoms with van der Waals surface area (Å²) >= 11 is 0. The molecule has 1 amide bonds. The number of likely N-dealkylation sites (tertiary alicyclic amines) is 1. The molecule has 4 N–H and O–H groups in total. The van der Waals surface area contributed by atoms with Gasteiger partial charge in [-0.3, -0.25) is 0 Å². The highest BCUT2D eigenvalue weighted by molar-refractivity contribution is 5.66. The van der Waals surface area contributed by atoms with Crippen LogP contribution in [0.15, 0.2) is 24.3 Å². The van der Waals surface area contributed by atoms with Crippen molar-refractivity contribution < 1.29 is 9.90 Å². The largest absolute Gasteiger partial charge is 0.465 e. The zero-order chi connectivity index (χ0) is 13.0. The summed E-state index contributed by atoms with van der Waals surface area (Å²) in [7, 11) is 0. The topological polar surface area (TPSA) is 78.6 Å². The number of nitrogens with two attached hydrogens (primary N) is 1. The predicted octanol–water partition coefficient (Wildman–Crippen LogP) is 2.21. The fraction of sp³-hybridized carbons (Fsp3) is 0.462. The first-order valence-electron chi connectivity index (χ1n) is 6.25. The maximum absolute atomic E-state index is 10.9. The molecule has 0 saturated carbocycles. The van der Waals surface area contributed by atoms with Crippen molar-refractivity contribution in [2.75, 3.05) is 24.1 Å².